The molecule has 2 N–H and O–H groups in total. The molecule has 0 aromatic heterocycles. The van der Waals surface area contributed by atoms with Gasteiger partial charge in [-0.25, -0.2) is 9.18 Å². The first-order valence-corrected chi connectivity index (χ1v) is 9.28. The van der Waals surface area contributed by atoms with E-state index in [1.165, 1.54) is 17.8 Å². The third-order valence-corrected chi connectivity index (χ3v) is 6.12. The molecule has 1 aliphatic heterocycles. The number of carbonyl (C=O) groups excluding carboxylic acids is 1. The summed E-state index contributed by atoms with van der Waals surface area (Å²) in [5.41, 5.74) is -0.328. The van der Waals surface area contributed by atoms with Gasteiger partial charge in [-0.3, -0.25) is 4.79 Å². The van der Waals surface area contributed by atoms with E-state index in [4.69, 9.17) is 0 Å². The van der Waals surface area contributed by atoms with Gasteiger partial charge in [0.05, 0.1) is 5.41 Å². The topological polar surface area (TPSA) is 69.6 Å². The van der Waals surface area contributed by atoms with Crippen LogP contribution in [-0.4, -0.2) is 41.4 Å². The molecule has 7 heteroatoms. The molecule has 0 radical (unpaired) electrons. The molecule has 2 atom stereocenters. The molecule has 1 heterocycles. The van der Waals surface area contributed by atoms with Crippen molar-refractivity contribution in [1.82, 2.24) is 10.2 Å². The van der Waals surface area contributed by atoms with E-state index >= 15 is 0 Å². The third kappa shape index (κ3) is 2.85. The maximum Gasteiger partial charge on any atom is 0.317 e. The summed E-state index contributed by atoms with van der Waals surface area (Å²) in [6, 6.07) is 4.51. The molecule has 5 nitrogen and oxygen atoms in total. The van der Waals surface area contributed by atoms with E-state index in [0.717, 1.165) is 17.7 Å². The summed E-state index contributed by atoms with van der Waals surface area (Å²) in [6.07, 6.45) is 4.23. The number of carboxylic acids is 1. The van der Waals surface area contributed by atoms with Crippen molar-refractivity contribution in [2.45, 2.75) is 30.7 Å². The zero-order chi connectivity index (χ0) is 17.3. The van der Waals surface area contributed by atoms with Crippen molar-refractivity contribution < 1.29 is 19.1 Å². The van der Waals surface area contributed by atoms with E-state index in [0.29, 0.717) is 18.5 Å². The summed E-state index contributed by atoms with van der Waals surface area (Å²) in [7, 11) is 0. The minimum absolute atomic E-state index is 0.0240. The maximum absolute atomic E-state index is 14.0. The Morgan fingerprint density at radius 1 is 1.50 bits per heavy atom. The van der Waals surface area contributed by atoms with Gasteiger partial charge in [-0.15, -0.1) is 11.8 Å². The number of hydrogen-bond acceptors (Lipinski definition) is 3. The number of benzene rings is 1. The lowest BCUT2D eigenvalue weighted by Gasteiger charge is -2.23. The van der Waals surface area contributed by atoms with Gasteiger partial charge < -0.3 is 15.3 Å². The quantitative estimate of drug-likeness (QED) is 0.818. The molecule has 0 bridgehead atoms. The van der Waals surface area contributed by atoms with Crippen LogP contribution in [0.5, 0.6) is 0 Å². The van der Waals surface area contributed by atoms with Crippen LogP contribution >= 0.6 is 11.8 Å². The van der Waals surface area contributed by atoms with Gasteiger partial charge in [0, 0.05) is 30.1 Å². The largest absolute Gasteiger partial charge is 0.481 e. The number of thioether (sulfide) groups is 1. The molecule has 3 rings (SSSR count). The number of carbonyl (C=O) groups is 2. The monoisotopic (exact) mass is 352 g/mol. The van der Waals surface area contributed by atoms with E-state index in [-0.39, 0.29) is 30.9 Å². The summed E-state index contributed by atoms with van der Waals surface area (Å²) < 4.78 is 14.0. The zero-order valence-corrected chi connectivity index (χ0v) is 14.4. The van der Waals surface area contributed by atoms with Crippen molar-refractivity contribution in [3.8, 4) is 0 Å². The normalized spacial score (nSPS) is 25.6. The van der Waals surface area contributed by atoms with Crippen molar-refractivity contribution in [2.75, 3.05) is 19.3 Å². The Balaban J connectivity index is 1.66. The van der Waals surface area contributed by atoms with Crippen LogP contribution in [0.15, 0.2) is 23.1 Å². The first kappa shape index (κ1) is 17.1. The van der Waals surface area contributed by atoms with Gasteiger partial charge in [0.15, 0.2) is 0 Å². The fraction of sp³-hybridized carbons (Fsp3) is 0.529. The van der Waals surface area contributed by atoms with Gasteiger partial charge in [-0.1, -0.05) is 12.5 Å². The zero-order valence-electron chi connectivity index (χ0n) is 13.5. The molecule has 0 spiro atoms. The third-order valence-electron chi connectivity index (χ3n) is 5.30. The lowest BCUT2D eigenvalue weighted by Crippen LogP contribution is -2.41. The summed E-state index contributed by atoms with van der Waals surface area (Å²) in [4.78, 5) is 26.4. The highest BCUT2D eigenvalue weighted by atomic mass is 32.2. The molecule has 0 unspecified atom stereocenters. The first-order chi connectivity index (χ1) is 11.5. The number of likely N-dealkylation sites (tertiary alicyclic amines) is 1. The number of nitrogens with zero attached hydrogens (tertiary/aromatic N) is 1. The number of amides is 2. The maximum atomic E-state index is 14.0. The molecule has 130 valence electrons. The van der Waals surface area contributed by atoms with Crippen molar-refractivity contribution in [1.29, 1.82) is 0 Å². The predicted octanol–water partition coefficient (Wildman–Crippen LogP) is 2.94. The first-order valence-electron chi connectivity index (χ1n) is 8.05. The minimum atomic E-state index is -0.806. The summed E-state index contributed by atoms with van der Waals surface area (Å²) in [5.74, 6) is -1.13. The second-order valence-corrected chi connectivity index (χ2v) is 7.36. The van der Waals surface area contributed by atoms with E-state index in [2.05, 4.69) is 5.32 Å². The van der Waals surface area contributed by atoms with Crippen LogP contribution in [-0.2, 0) is 11.3 Å². The summed E-state index contributed by atoms with van der Waals surface area (Å²) >= 11 is 1.43. The number of hydrogen-bond donors (Lipinski definition) is 2. The highest BCUT2D eigenvalue weighted by Crippen LogP contribution is 2.48. The summed E-state index contributed by atoms with van der Waals surface area (Å²) in [6.45, 7) is 0.805. The number of nitrogens with one attached hydrogen (secondary N) is 1. The smallest absolute Gasteiger partial charge is 0.317 e. The molecule has 24 heavy (non-hydrogen) atoms. The fourth-order valence-electron chi connectivity index (χ4n) is 3.97. The van der Waals surface area contributed by atoms with Crippen LogP contribution < -0.4 is 5.32 Å². The predicted molar refractivity (Wildman–Crippen MR) is 89.4 cm³/mol. The van der Waals surface area contributed by atoms with Gasteiger partial charge in [-0.05, 0) is 37.1 Å². The van der Waals surface area contributed by atoms with Gasteiger partial charge in [-0.2, -0.15) is 0 Å². The Labute approximate surface area is 144 Å². The Bertz CT molecular complexity index is 669. The number of halogens is 1. The van der Waals surface area contributed by atoms with Crippen LogP contribution in [0.1, 0.15) is 24.8 Å². The minimum Gasteiger partial charge on any atom is -0.481 e. The number of urea groups is 1. The fourth-order valence-corrected chi connectivity index (χ4v) is 4.60. The van der Waals surface area contributed by atoms with Crippen LogP contribution in [0.3, 0.4) is 0 Å². The Morgan fingerprint density at radius 3 is 2.96 bits per heavy atom. The van der Waals surface area contributed by atoms with Crippen molar-refractivity contribution in [3.63, 3.8) is 0 Å². The number of fused-ring (bicyclic) bond motifs is 1. The Kier molecular flexibility index (Phi) is 4.71. The van der Waals surface area contributed by atoms with Crippen molar-refractivity contribution in [2.24, 2.45) is 11.3 Å². The standard InChI is InChI=1S/C17H21FN2O3S/c1-24-14-6-2-5-13(18)12(14)8-19-16(23)20-9-11-4-3-7-17(11,10-20)15(21)22/h2,5-6,11H,3-4,7-10H2,1H3,(H,19,23)(H,21,22)/t11-,17+/m0/s1. The van der Waals surface area contributed by atoms with Gasteiger partial charge in [0.25, 0.3) is 0 Å². The Morgan fingerprint density at radius 2 is 2.29 bits per heavy atom. The lowest BCUT2D eigenvalue weighted by molar-refractivity contribution is -0.149. The van der Waals surface area contributed by atoms with Gasteiger partial charge in [0.2, 0.25) is 0 Å². The van der Waals surface area contributed by atoms with Crippen LogP contribution in [0, 0.1) is 17.2 Å². The molecule has 1 saturated heterocycles. The van der Waals surface area contributed by atoms with Crippen LogP contribution in [0.4, 0.5) is 9.18 Å². The molecule has 1 aliphatic carbocycles. The van der Waals surface area contributed by atoms with E-state index in [1.54, 1.807) is 11.0 Å². The Hall–Kier alpha value is -1.76. The highest BCUT2D eigenvalue weighted by Gasteiger charge is 2.55. The van der Waals surface area contributed by atoms with E-state index in [9.17, 15) is 19.1 Å². The second kappa shape index (κ2) is 6.63. The number of aliphatic carboxylic acids is 1. The molecule has 1 aromatic rings. The van der Waals surface area contributed by atoms with Crippen LogP contribution in [0.2, 0.25) is 0 Å². The van der Waals surface area contributed by atoms with E-state index < -0.39 is 11.4 Å². The van der Waals surface area contributed by atoms with Crippen LogP contribution in [0.25, 0.3) is 0 Å². The molecule has 1 aromatic carbocycles. The van der Waals surface area contributed by atoms with Gasteiger partial charge >= 0.3 is 12.0 Å². The molecular weight excluding hydrogens is 331 g/mol. The van der Waals surface area contributed by atoms with Crippen molar-refractivity contribution in [3.05, 3.63) is 29.6 Å². The molecule has 2 fully saturated rings. The molecule has 1 saturated carbocycles. The highest BCUT2D eigenvalue weighted by molar-refractivity contribution is 7.98. The average molecular weight is 352 g/mol. The number of rotatable bonds is 4. The number of carboxylic acid groups (broad SMARTS) is 1. The van der Waals surface area contributed by atoms with Gasteiger partial charge in [0.1, 0.15) is 5.82 Å². The van der Waals surface area contributed by atoms with E-state index in [1.807, 2.05) is 12.3 Å². The molecule has 2 aliphatic rings. The average Bonchev–Trinajstić information content (AvgIpc) is 3.11. The second-order valence-electron chi connectivity index (χ2n) is 6.51. The SMILES string of the molecule is CSc1cccc(F)c1CNC(=O)N1C[C@@H]2CCC[C@@]2(C(=O)O)C1. The lowest BCUT2D eigenvalue weighted by atomic mass is 9.81. The molecule has 2 amide bonds. The van der Waals surface area contributed by atoms with Crippen molar-refractivity contribution >= 4 is 23.8 Å². The molecular formula is C17H21FN2O3S. The summed E-state index contributed by atoms with van der Waals surface area (Å²) in [5, 5.41) is 12.3.